The molecule has 0 spiro atoms. The fraction of sp³-hybridized carbons (Fsp3) is 0.320. The van der Waals surface area contributed by atoms with Gasteiger partial charge in [-0.15, -0.1) is 0 Å². The van der Waals surface area contributed by atoms with Gasteiger partial charge in [-0.2, -0.15) is 0 Å². The molecule has 0 aliphatic heterocycles. The standard InChI is InChI=1S/C25H25ClF3N3O2/c1-15(32-24(33)25(2,3)34-22-9-6-17(13-31-22)23(28)29)21(18-11-19(26)14-30-12-18)10-16-4-7-20(27)8-5-16/h4-9,11-15,21,23H,10H2,1-3H3,(H,32,33). The summed E-state index contributed by atoms with van der Waals surface area (Å²) in [7, 11) is 0. The Morgan fingerprint density at radius 3 is 2.38 bits per heavy atom. The topological polar surface area (TPSA) is 64.1 Å². The zero-order chi connectivity index (χ0) is 24.9. The van der Waals surface area contributed by atoms with Crippen molar-refractivity contribution in [2.75, 3.05) is 0 Å². The molecule has 0 bridgehead atoms. The van der Waals surface area contributed by atoms with E-state index in [2.05, 4.69) is 15.3 Å². The highest BCUT2D eigenvalue weighted by atomic mass is 35.5. The minimum absolute atomic E-state index is 0.0547. The highest BCUT2D eigenvalue weighted by Gasteiger charge is 2.33. The number of pyridine rings is 2. The van der Waals surface area contributed by atoms with Gasteiger partial charge in [0.1, 0.15) is 5.82 Å². The van der Waals surface area contributed by atoms with Gasteiger partial charge in [-0.25, -0.2) is 18.2 Å². The quantitative estimate of drug-likeness (QED) is 0.405. The van der Waals surface area contributed by atoms with Crippen LogP contribution in [0.5, 0.6) is 5.88 Å². The second-order valence-electron chi connectivity index (χ2n) is 8.48. The second kappa shape index (κ2) is 10.9. The van der Waals surface area contributed by atoms with E-state index in [0.717, 1.165) is 17.3 Å². The summed E-state index contributed by atoms with van der Waals surface area (Å²) in [5, 5.41) is 3.42. The van der Waals surface area contributed by atoms with Gasteiger partial charge in [0.2, 0.25) is 5.88 Å². The Hall–Kier alpha value is -3.13. The van der Waals surface area contributed by atoms with E-state index in [4.69, 9.17) is 16.3 Å². The summed E-state index contributed by atoms with van der Waals surface area (Å²) in [6.45, 7) is 4.97. The first-order chi connectivity index (χ1) is 16.0. The van der Waals surface area contributed by atoms with E-state index in [9.17, 15) is 18.0 Å². The van der Waals surface area contributed by atoms with E-state index >= 15 is 0 Å². The minimum Gasteiger partial charge on any atom is -0.462 e. The van der Waals surface area contributed by atoms with Crippen LogP contribution in [0.2, 0.25) is 5.02 Å². The van der Waals surface area contributed by atoms with Crippen molar-refractivity contribution in [3.8, 4) is 5.88 Å². The molecule has 2 heterocycles. The highest BCUT2D eigenvalue weighted by molar-refractivity contribution is 6.30. The predicted molar refractivity (Wildman–Crippen MR) is 124 cm³/mol. The lowest BCUT2D eigenvalue weighted by Gasteiger charge is -2.30. The third-order valence-electron chi connectivity index (χ3n) is 5.40. The molecule has 2 atom stereocenters. The molecule has 1 amide bonds. The van der Waals surface area contributed by atoms with Crippen molar-refractivity contribution in [1.82, 2.24) is 15.3 Å². The Kier molecular flexibility index (Phi) is 8.15. The van der Waals surface area contributed by atoms with Crippen LogP contribution in [0.25, 0.3) is 0 Å². The molecule has 0 radical (unpaired) electrons. The average Bonchev–Trinajstić information content (AvgIpc) is 2.78. The van der Waals surface area contributed by atoms with Crippen LogP contribution >= 0.6 is 11.6 Å². The first-order valence-electron chi connectivity index (χ1n) is 10.6. The van der Waals surface area contributed by atoms with Gasteiger partial charge >= 0.3 is 0 Å². The smallest absolute Gasteiger partial charge is 0.265 e. The third-order valence-corrected chi connectivity index (χ3v) is 5.61. The molecule has 0 saturated carbocycles. The normalized spacial score (nSPS) is 13.4. The van der Waals surface area contributed by atoms with Crippen LogP contribution in [0.1, 0.15) is 49.8 Å². The molecule has 2 aromatic heterocycles. The molecule has 0 aliphatic carbocycles. The van der Waals surface area contributed by atoms with Gasteiger partial charge in [0, 0.05) is 42.2 Å². The van der Waals surface area contributed by atoms with Crippen molar-refractivity contribution in [1.29, 1.82) is 0 Å². The maximum atomic E-state index is 13.4. The first kappa shape index (κ1) is 25.5. The van der Waals surface area contributed by atoms with Gasteiger partial charge < -0.3 is 10.1 Å². The van der Waals surface area contributed by atoms with Crippen LogP contribution in [0.3, 0.4) is 0 Å². The van der Waals surface area contributed by atoms with Gasteiger partial charge in [-0.3, -0.25) is 9.78 Å². The lowest BCUT2D eigenvalue weighted by atomic mass is 9.87. The zero-order valence-corrected chi connectivity index (χ0v) is 19.7. The largest absolute Gasteiger partial charge is 0.462 e. The van der Waals surface area contributed by atoms with Crippen LogP contribution in [0.15, 0.2) is 61.1 Å². The minimum atomic E-state index is -2.64. The molecule has 180 valence electrons. The predicted octanol–water partition coefficient (Wildman–Crippen LogP) is 5.90. The lowest BCUT2D eigenvalue weighted by Crippen LogP contribution is -2.51. The van der Waals surface area contributed by atoms with E-state index in [1.54, 1.807) is 38.2 Å². The number of amides is 1. The summed E-state index contributed by atoms with van der Waals surface area (Å²) in [5.41, 5.74) is 0.126. The van der Waals surface area contributed by atoms with E-state index in [1.165, 1.54) is 30.5 Å². The molecule has 3 rings (SSSR count). The van der Waals surface area contributed by atoms with Crippen molar-refractivity contribution in [2.24, 2.45) is 0 Å². The lowest BCUT2D eigenvalue weighted by molar-refractivity contribution is -0.135. The van der Waals surface area contributed by atoms with E-state index < -0.39 is 17.9 Å². The molecule has 0 fully saturated rings. The summed E-state index contributed by atoms with van der Waals surface area (Å²) >= 11 is 6.14. The number of nitrogens with zero attached hydrogens (tertiary/aromatic N) is 2. The van der Waals surface area contributed by atoms with Crippen molar-refractivity contribution >= 4 is 17.5 Å². The Labute approximate surface area is 201 Å². The summed E-state index contributed by atoms with van der Waals surface area (Å²) < 4.78 is 44.6. The van der Waals surface area contributed by atoms with Crippen molar-refractivity contribution < 1.29 is 22.7 Å². The van der Waals surface area contributed by atoms with Crippen LogP contribution in [-0.4, -0.2) is 27.5 Å². The summed E-state index contributed by atoms with van der Waals surface area (Å²) in [6, 6.07) is 10.1. The van der Waals surface area contributed by atoms with E-state index in [0.29, 0.717) is 11.4 Å². The van der Waals surface area contributed by atoms with Crippen molar-refractivity contribution in [3.05, 3.63) is 88.6 Å². The fourth-order valence-corrected chi connectivity index (χ4v) is 3.64. The first-order valence-corrected chi connectivity index (χ1v) is 11.0. The van der Waals surface area contributed by atoms with Gasteiger partial charge in [0.25, 0.3) is 12.3 Å². The third kappa shape index (κ3) is 6.70. The number of alkyl halides is 2. The summed E-state index contributed by atoms with van der Waals surface area (Å²) in [5.74, 6) is -0.919. The number of hydrogen-bond donors (Lipinski definition) is 1. The Balaban J connectivity index is 1.76. The number of hydrogen-bond acceptors (Lipinski definition) is 4. The number of rotatable bonds is 9. The molecule has 9 heteroatoms. The molecule has 1 N–H and O–H groups in total. The maximum Gasteiger partial charge on any atom is 0.265 e. The van der Waals surface area contributed by atoms with Gasteiger partial charge in [0.15, 0.2) is 5.60 Å². The van der Waals surface area contributed by atoms with Gasteiger partial charge in [-0.05, 0) is 62.6 Å². The summed E-state index contributed by atoms with van der Waals surface area (Å²) in [6.07, 6.45) is 2.08. The molecule has 3 aromatic rings. The molecule has 0 aliphatic rings. The van der Waals surface area contributed by atoms with Crippen LogP contribution in [-0.2, 0) is 11.2 Å². The molecular formula is C25H25ClF3N3O2. The molecule has 2 unspecified atom stereocenters. The van der Waals surface area contributed by atoms with E-state index in [1.807, 2.05) is 6.92 Å². The number of aromatic nitrogens is 2. The van der Waals surface area contributed by atoms with Gasteiger partial charge in [0.05, 0.1) is 5.02 Å². The molecule has 0 saturated heterocycles. The van der Waals surface area contributed by atoms with E-state index in [-0.39, 0.29) is 29.2 Å². The zero-order valence-electron chi connectivity index (χ0n) is 18.9. The van der Waals surface area contributed by atoms with Crippen LogP contribution in [0.4, 0.5) is 13.2 Å². The van der Waals surface area contributed by atoms with Crippen LogP contribution in [0, 0.1) is 5.82 Å². The van der Waals surface area contributed by atoms with Gasteiger partial charge in [-0.1, -0.05) is 23.7 Å². The number of nitrogens with one attached hydrogen (secondary N) is 1. The SMILES string of the molecule is CC(NC(=O)C(C)(C)Oc1ccc(C(F)F)cn1)C(Cc1ccc(F)cc1)c1cncc(Cl)c1. The van der Waals surface area contributed by atoms with Crippen LogP contribution < -0.4 is 10.1 Å². The number of carbonyl (C=O) groups excluding carboxylic acids is 1. The number of halogens is 4. The molecule has 5 nitrogen and oxygen atoms in total. The number of ether oxygens (including phenoxy) is 1. The maximum absolute atomic E-state index is 13.4. The fourth-order valence-electron chi connectivity index (χ4n) is 3.46. The molecule has 1 aromatic carbocycles. The average molecular weight is 492 g/mol. The number of benzene rings is 1. The summed E-state index contributed by atoms with van der Waals surface area (Å²) in [4.78, 5) is 21.1. The molecular weight excluding hydrogens is 467 g/mol. The monoisotopic (exact) mass is 491 g/mol. The van der Waals surface area contributed by atoms with Crippen molar-refractivity contribution in [3.63, 3.8) is 0 Å². The van der Waals surface area contributed by atoms with Crippen molar-refractivity contribution in [2.45, 2.75) is 51.2 Å². The Morgan fingerprint density at radius 1 is 1.09 bits per heavy atom. The molecule has 34 heavy (non-hydrogen) atoms. The second-order valence-corrected chi connectivity index (χ2v) is 8.91. The number of carbonyl (C=O) groups is 1. The Morgan fingerprint density at radius 2 is 1.79 bits per heavy atom. The highest BCUT2D eigenvalue weighted by Crippen LogP contribution is 2.27. The Bertz CT molecular complexity index is 1110.